The van der Waals surface area contributed by atoms with Crippen LogP contribution in [0.1, 0.15) is 259 Å². The summed E-state index contributed by atoms with van der Waals surface area (Å²) in [4.78, 5) is 38.3. The Kier molecular flexibility index (Phi) is 54.8. The van der Waals surface area contributed by atoms with Crippen LogP contribution in [0.15, 0.2) is 0 Å². The van der Waals surface area contributed by atoms with Gasteiger partial charge in [-0.3, -0.25) is 14.4 Å². The molecule has 0 radical (unpaired) electrons. The quantitative estimate of drug-likeness (QED) is 0.0388. The van der Waals surface area contributed by atoms with E-state index in [1.807, 2.05) is 0 Å². The van der Waals surface area contributed by atoms with E-state index >= 15 is 0 Å². The Balaban J connectivity index is 0. The molecule has 0 aliphatic heterocycles. The Bertz CT molecular complexity index is 850. The largest absolute Gasteiger partial charge is 0.396 e. The molecule has 5 N–H and O–H groups in total. The molecule has 0 aromatic carbocycles. The summed E-state index contributed by atoms with van der Waals surface area (Å²) in [5, 5.41) is 21.6. The molecule has 3 amide bonds. The summed E-state index contributed by atoms with van der Waals surface area (Å²) < 4.78 is 0. The van der Waals surface area contributed by atoms with Crippen molar-refractivity contribution < 1.29 is 19.5 Å². The summed E-state index contributed by atoms with van der Waals surface area (Å²) in [6.07, 6.45) is 43.9. The Labute approximate surface area is 380 Å². The van der Waals surface area contributed by atoms with Crippen molar-refractivity contribution in [2.45, 2.75) is 259 Å². The molecule has 0 unspecified atom stereocenters. The number of aliphatic hydroxyl groups excluding tert-OH is 1. The first kappa shape index (κ1) is 61.4. The van der Waals surface area contributed by atoms with Gasteiger partial charge >= 0.3 is 0 Å². The average Bonchev–Trinajstić information content (AvgIpc) is 3.26. The average molecular weight is 866 g/mol. The second kappa shape index (κ2) is 54.4. The number of hydrogen-bond donors (Lipinski definition) is 5. The zero-order valence-electron chi connectivity index (χ0n) is 41.4. The molecule has 0 heterocycles. The van der Waals surface area contributed by atoms with Crippen LogP contribution in [-0.4, -0.2) is 86.7 Å². The van der Waals surface area contributed by atoms with Crippen LogP contribution in [0.25, 0.3) is 0 Å². The maximum Gasteiger partial charge on any atom is 0.221 e. The summed E-state index contributed by atoms with van der Waals surface area (Å²) in [5.74, 6) is 0.371. The lowest BCUT2D eigenvalue weighted by Gasteiger charge is -2.21. The highest BCUT2D eigenvalue weighted by Gasteiger charge is 2.11. The van der Waals surface area contributed by atoms with E-state index in [0.29, 0.717) is 45.3 Å². The molecule has 0 bridgehead atoms. The molecule has 364 valence electrons. The third-order valence-corrected chi connectivity index (χ3v) is 11.7. The van der Waals surface area contributed by atoms with Gasteiger partial charge in [0.2, 0.25) is 17.7 Å². The van der Waals surface area contributed by atoms with E-state index in [2.05, 4.69) is 53.9 Å². The van der Waals surface area contributed by atoms with Crippen molar-refractivity contribution in [3.63, 3.8) is 0 Å². The number of unbranched alkanes of at least 4 members (excludes halogenated alkanes) is 28. The molecule has 0 atom stereocenters. The summed E-state index contributed by atoms with van der Waals surface area (Å²) >= 11 is 0. The van der Waals surface area contributed by atoms with Gasteiger partial charge in [-0.25, -0.2) is 0 Å². The van der Waals surface area contributed by atoms with E-state index in [-0.39, 0.29) is 24.3 Å². The van der Waals surface area contributed by atoms with Crippen molar-refractivity contribution in [1.29, 1.82) is 0 Å². The van der Waals surface area contributed by atoms with Crippen molar-refractivity contribution in [1.82, 2.24) is 26.2 Å². The molecule has 0 saturated carbocycles. The normalized spacial score (nSPS) is 11.1. The van der Waals surface area contributed by atoms with Gasteiger partial charge in [0.15, 0.2) is 0 Å². The van der Waals surface area contributed by atoms with Gasteiger partial charge in [0, 0.05) is 71.7 Å². The lowest BCUT2D eigenvalue weighted by Crippen LogP contribution is -2.35. The second-order valence-corrected chi connectivity index (χ2v) is 17.9. The molecule has 0 aromatic rings. The minimum absolute atomic E-state index is 0.0883. The van der Waals surface area contributed by atoms with E-state index in [9.17, 15) is 19.5 Å². The maximum absolute atomic E-state index is 12.3. The third kappa shape index (κ3) is 54.4. The predicted molar refractivity (Wildman–Crippen MR) is 264 cm³/mol. The van der Waals surface area contributed by atoms with Crippen LogP contribution in [0.5, 0.6) is 0 Å². The number of hydrogen-bond acceptors (Lipinski definition) is 6. The first-order valence-corrected chi connectivity index (χ1v) is 26.8. The summed E-state index contributed by atoms with van der Waals surface area (Å²) in [5.41, 5.74) is 0. The van der Waals surface area contributed by atoms with Crippen molar-refractivity contribution >= 4 is 17.7 Å². The van der Waals surface area contributed by atoms with Crippen molar-refractivity contribution in [3.8, 4) is 0 Å². The van der Waals surface area contributed by atoms with E-state index < -0.39 is 0 Å². The zero-order chi connectivity index (χ0) is 45.0. The lowest BCUT2D eigenvalue weighted by molar-refractivity contribution is -0.122. The molecular weight excluding hydrogens is 759 g/mol. The zero-order valence-corrected chi connectivity index (χ0v) is 41.4. The number of carbonyl (C=O) groups is 3. The van der Waals surface area contributed by atoms with Crippen molar-refractivity contribution in [3.05, 3.63) is 0 Å². The first-order valence-electron chi connectivity index (χ1n) is 26.8. The topological polar surface area (TPSA) is 123 Å². The second-order valence-electron chi connectivity index (χ2n) is 17.9. The predicted octanol–water partition coefficient (Wildman–Crippen LogP) is 12.3. The van der Waals surface area contributed by atoms with Crippen molar-refractivity contribution in [2.24, 2.45) is 0 Å². The fraction of sp³-hybridized carbons (Fsp3) is 0.942. The monoisotopic (exact) mass is 866 g/mol. The molecule has 0 aromatic heterocycles. The number of nitrogens with zero attached hydrogens (tertiary/aromatic N) is 1. The first-order chi connectivity index (χ1) is 29.9. The molecule has 0 aliphatic carbocycles. The standard InChI is InChI=1S/C33H67N3O3.C19H40N2O/c1-3-5-7-9-11-13-15-17-19-21-26-34-32(38)24-29-36(28-23-31-37)30-25-33(39)35-27-22-20-18-16-14-12-10-8-6-4-2;1-3-5-7-8-9-10-11-12-13-14-17-21-19(22)15-18-20-16-6-4-2/h37H,3-31H2,1-2H3,(H,34,38)(H,35,39);20H,3-18H2,1-2H3,(H,21,22). The van der Waals surface area contributed by atoms with Gasteiger partial charge < -0.3 is 31.3 Å². The Morgan fingerprint density at radius 3 is 0.934 bits per heavy atom. The van der Waals surface area contributed by atoms with E-state index in [1.54, 1.807) is 0 Å². The van der Waals surface area contributed by atoms with Crippen LogP contribution in [-0.2, 0) is 14.4 Å². The van der Waals surface area contributed by atoms with Crippen LogP contribution in [0.2, 0.25) is 0 Å². The van der Waals surface area contributed by atoms with Gasteiger partial charge in [-0.1, -0.05) is 207 Å². The molecule has 9 heteroatoms. The number of rotatable bonds is 48. The third-order valence-electron chi connectivity index (χ3n) is 11.7. The van der Waals surface area contributed by atoms with Gasteiger partial charge in [0.05, 0.1) is 0 Å². The number of amides is 3. The molecule has 0 saturated heterocycles. The van der Waals surface area contributed by atoms with Crippen molar-refractivity contribution in [2.75, 3.05) is 59.0 Å². The molecule has 0 rings (SSSR count). The summed E-state index contributed by atoms with van der Waals surface area (Å²) in [7, 11) is 0. The highest BCUT2D eigenvalue weighted by Crippen LogP contribution is 2.12. The molecular formula is C52H107N5O4. The number of carbonyl (C=O) groups excluding carboxylic acids is 3. The Morgan fingerprint density at radius 2 is 0.623 bits per heavy atom. The highest BCUT2D eigenvalue weighted by molar-refractivity contribution is 5.77. The Morgan fingerprint density at radius 1 is 0.328 bits per heavy atom. The van der Waals surface area contributed by atoms with Gasteiger partial charge in [0.25, 0.3) is 0 Å². The molecule has 9 nitrogen and oxygen atoms in total. The summed E-state index contributed by atoms with van der Waals surface area (Å²) in [6.45, 7) is 15.3. The summed E-state index contributed by atoms with van der Waals surface area (Å²) in [6, 6.07) is 0. The SMILES string of the molecule is CCCCCCCCCCCCNC(=O)CCN(CCCO)CCC(=O)NCCCCCCCCCCCC.CCCCCCCCCCCCNC(=O)CCNCCCC. The Hall–Kier alpha value is -1.71. The minimum Gasteiger partial charge on any atom is -0.396 e. The molecule has 61 heavy (non-hydrogen) atoms. The maximum atomic E-state index is 12.3. The smallest absolute Gasteiger partial charge is 0.221 e. The van der Waals surface area contributed by atoms with E-state index in [0.717, 1.165) is 52.0 Å². The number of aliphatic hydroxyl groups is 1. The van der Waals surface area contributed by atoms with Crippen LogP contribution in [0, 0.1) is 0 Å². The van der Waals surface area contributed by atoms with Gasteiger partial charge in [-0.15, -0.1) is 0 Å². The fourth-order valence-electron chi connectivity index (χ4n) is 7.56. The minimum atomic E-state index is 0.0883. The van der Waals surface area contributed by atoms with Gasteiger partial charge in [-0.2, -0.15) is 0 Å². The molecule has 0 aliphatic rings. The van der Waals surface area contributed by atoms with Crippen LogP contribution < -0.4 is 21.3 Å². The fourth-order valence-corrected chi connectivity index (χ4v) is 7.56. The van der Waals surface area contributed by atoms with Gasteiger partial charge in [-0.05, 0) is 38.6 Å². The van der Waals surface area contributed by atoms with Crippen LogP contribution in [0.4, 0.5) is 0 Å². The lowest BCUT2D eigenvalue weighted by atomic mass is 10.1. The highest BCUT2D eigenvalue weighted by atomic mass is 16.3. The van der Waals surface area contributed by atoms with Crippen LogP contribution >= 0.6 is 0 Å². The number of nitrogens with one attached hydrogen (secondary N) is 4. The van der Waals surface area contributed by atoms with Crippen LogP contribution in [0.3, 0.4) is 0 Å². The van der Waals surface area contributed by atoms with E-state index in [4.69, 9.17) is 0 Å². The molecule has 0 spiro atoms. The molecule has 0 fully saturated rings. The van der Waals surface area contributed by atoms with E-state index in [1.165, 1.54) is 186 Å². The van der Waals surface area contributed by atoms with Gasteiger partial charge in [0.1, 0.15) is 0 Å².